The molecule has 5 rings (SSSR count). The molecule has 0 bridgehead atoms. The van der Waals surface area contributed by atoms with Gasteiger partial charge in [0.25, 0.3) is 0 Å². The number of hydrogen-bond donors (Lipinski definition) is 1. The van der Waals surface area contributed by atoms with Gasteiger partial charge in [0.2, 0.25) is 0 Å². The van der Waals surface area contributed by atoms with E-state index >= 15 is 0 Å². The number of carbonyl (C=O) groups is 1. The first-order valence-corrected chi connectivity index (χ1v) is 12.1. The van der Waals surface area contributed by atoms with Gasteiger partial charge in [-0.2, -0.15) is 18.4 Å². The molecule has 1 N–H and O–H groups in total. The molecular weight excluding hydrogens is 548 g/mol. The number of fused-ring (bicyclic) bond motifs is 1. The van der Waals surface area contributed by atoms with Crippen LogP contribution in [0.3, 0.4) is 0 Å². The molecule has 0 radical (unpaired) electrons. The number of halogens is 5. The Morgan fingerprint density at radius 1 is 1.02 bits per heavy atom. The first-order valence-electron chi connectivity index (χ1n) is 12.1. The normalized spacial score (nSPS) is 15.3. The van der Waals surface area contributed by atoms with Gasteiger partial charge in [-0.1, -0.05) is 36.4 Å². The molecule has 206 valence electrons. The lowest BCUT2D eigenvalue weighted by Crippen LogP contribution is -2.55. The number of alkyl halides is 3. The highest BCUT2D eigenvalue weighted by Gasteiger charge is 2.35. The van der Waals surface area contributed by atoms with Gasteiger partial charge in [0.15, 0.2) is 5.82 Å². The molecule has 12 heteroatoms. The van der Waals surface area contributed by atoms with Crippen LogP contribution in [0.15, 0.2) is 66.7 Å². The summed E-state index contributed by atoms with van der Waals surface area (Å²) in [5.41, 5.74) is 0.283. The second-order valence-corrected chi connectivity index (χ2v) is 9.21. The molecule has 2 amide bonds. The van der Waals surface area contributed by atoms with Crippen LogP contribution in [-0.2, 0) is 6.18 Å². The van der Waals surface area contributed by atoms with Crippen molar-refractivity contribution >= 4 is 40.7 Å². The summed E-state index contributed by atoms with van der Waals surface area (Å²) < 4.78 is 53.5. The fourth-order valence-corrected chi connectivity index (χ4v) is 4.73. The Balaban J connectivity index is 0.00000370. The molecule has 3 aromatic carbocycles. The number of rotatable bonds is 3. The van der Waals surface area contributed by atoms with Crippen LogP contribution in [0.4, 0.5) is 33.9 Å². The minimum atomic E-state index is -4.82. The van der Waals surface area contributed by atoms with Gasteiger partial charge in [0, 0.05) is 42.0 Å². The van der Waals surface area contributed by atoms with Crippen LogP contribution in [0.5, 0.6) is 0 Å². The number of piperazine rings is 1. The molecule has 1 aliphatic heterocycles. The van der Waals surface area contributed by atoms with Crippen molar-refractivity contribution in [1.29, 1.82) is 5.26 Å². The summed E-state index contributed by atoms with van der Waals surface area (Å²) in [5.74, 6) is -0.408. The highest BCUT2D eigenvalue weighted by molar-refractivity contribution is 6.00. The lowest BCUT2D eigenvalue weighted by molar-refractivity contribution is -0.137. The van der Waals surface area contributed by atoms with Gasteiger partial charge in [0.05, 0.1) is 22.9 Å². The first kappa shape index (κ1) is 28.6. The second kappa shape index (κ2) is 11.4. The summed E-state index contributed by atoms with van der Waals surface area (Å²) in [5, 5.41) is 22.1. The number of hydrogen-bond acceptors (Lipinski definition) is 5. The molecule has 1 aliphatic rings. The van der Waals surface area contributed by atoms with Crippen molar-refractivity contribution in [3.05, 3.63) is 83.7 Å². The van der Waals surface area contributed by atoms with E-state index in [1.54, 1.807) is 12.1 Å². The number of urea groups is 1. The van der Waals surface area contributed by atoms with Gasteiger partial charge in [-0.3, -0.25) is 0 Å². The summed E-state index contributed by atoms with van der Waals surface area (Å²) in [6.07, 6.45) is -4.82. The third-order valence-electron chi connectivity index (χ3n) is 6.67. The van der Waals surface area contributed by atoms with Gasteiger partial charge >= 0.3 is 12.2 Å². The molecule has 1 fully saturated rings. The molecular formula is C28H23ClF4N6O. The Morgan fingerprint density at radius 2 is 1.73 bits per heavy atom. The molecule has 1 atom stereocenters. The Bertz CT molecular complexity index is 1590. The number of benzene rings is 3. The molecule has 2 heterocycles. The fraction of sp³-hybridized carbons (Fsp3) is 0.214. The van der Waals surface area contributed by atoms with Crippen LogP contribution in [-0.4, -0.2) is 46.8 Å². The number of nitriles is 1. The molecule has 7 nitrogen and oxygen atoms in total. The van der Waals surface area contributed by atoms with E-state index < -0.39 is 29.3 Å². The highest BCUT2D eigenvalue weighted by atomic mass is 35.5. The van der Waals surface area contributed by atoms with Crippen molar-refractivity contribution < 1.29 is 22.4 Å². The maximum Gasteiger partial charge on any atom is 0.418 e. The smallest absolute Gasteiger partial charge is 0.348 e. The summed E-state index contributed by atoms with van der Waals surface area (Å²) in [4.78, 5) is 16.3. The van der Waals surface area contributed by atoms with Crippen LogP contribution in [0.2, 0.25) is 0 Å². The Labute approximate surface area is 233 Å². The molecule has 0 aliphatic carbocycles. The number of anilines is 2. The zero-order chi connectivity index (χ0) is 27.7. The van der Waals surface area contributed by atoms with E-state index in [1.165, 1.54) is 4.90 Å². The molecule has 1 unspecified atom stereocenters. The van der Waals surface area contributed by atoms with Gasteiger partial charge in [-0.15, -0.1) is 22.6 Å². The van der Waals surface area contributed by atoms with Crippen molar-refractivity contribution in [2.45, 2.75) is 19.1 Å². The predicted octanol–water partition coefficient (Wildman–Crippen LogP) is 6.49. The van der Waals surface area contributed by atoms with E-state index in [0.29, 0.717) is 29.7 Å². The minimum absolute atomic E-state index is 0. The second-order valence-electron chi connectivity index (χ2n) is 9.21. The van der Waals surface area contributed by atoms with E-state index in [-0.39, 0.29) is 31.5 Å². The summed E-state index contributed by atoms with van der Waals surface area (Å²) in [7, 11) is 0. The third kappa shape index (κ3) is 5.62. The Kier molecular flexibility index (Phi) is 8.11. The SMILES string of the molecule is CC1CN(C(=O)Nc2ccc(F)cc2C(F)(F)F)CCN1c1nnc(-c2ccc(C#N)cc2)c2ccccc12.Cl. The fourth-order valence-electron chi connectivity index (χ4n) is 4.73. The molecule has 1 saturated heterocycles. The third-order valence-corrected chi connectivity index (χ3v) is 6.67. The van der Waals surface area contributed by atoms with Crippen molar-refractivity contribution in [1.82, 2.24) is 15.1 Å². The van der Waals surface area contributed by atoms with E-state index in [0.717, 1.165) is 28.5 Å². The van der Waals surface area contributed by atoms with Gasteiger partial charge in [-0.05, 0) is 37.3 Å². The van der Waals surface area contributed by atoms with Crippen molar-refractivity contribution in [2.24, 2.45) is 0 Å². The molecule has 4 aromatic rings. The number of nitrogens with one attached hydrogen (secondary N) is 1. The molecule has 1 aromatic heterocycles. The minimum Gasteiger partial charge on any atom is -0.348 e. The first-order chi connectivity index (χ1) is 18.7. The largest absolute Gasteiger partial charge is 0.418 e. The zero-order valence-electron chi connectivity index (χ0n) is 21.1. The van der Waals surface area contributed by atoms with Crippen LogP contribution < -0.4 is 10.2 Å². The Hall–Kier alpha value is -4.43. The van der Waals surface area contributed by atoms with E-state index in [2.05, 4.69) is 21.6 Å². The summed E-state index contributed by atoms with van der Waals surface area (Å²) in [6.45, 7) is 2.72. The maximum absolute atomic E-state index is 13.4. The molecule has 40 heavy (non-hydrogen) atoms. The van der Waals surface area contributed by atoms with E-state index in [1.807, 2.05) is 48.2 Å². The van der Waals surface area contributed by atoms with Crippen LogP contribution in [0.25, 0.3) is 22.0 Å². The quantitative estimate of drug-likeness (QED) is 0.285. The monoisotopic (exact) mass is 570 g/mol. The average molecular weight is 571 g/mol. The maximum atomic E-state index is 13.4. The van der Waals surface area contributed by atoms with Gasteiger partial charge < -0.3 is 15.1 Å². The number of amides is 2. The zero-order valence-corrected chi connectivity index (χ0v) is 21.9. The lowest BCUT2D eigenvalue weighted by Gasteiger charge is -2.40. The lowest BCUT2D eigenvalue weighted by atomic mass is 10.0. The Morgan fingerprint density at radius 3 is 2.38 bits per heavy atom. The standard InChI is InChI=1S/C28H22F4N6O.ClH/c1-17-16-37(27(39)34-24-11-10-20(29)14-23(24)28(30,31)32)12-13-38(17)26-22-5-3-2-4-21(22)25(35-36-26)19-8-6-18(15-33)7-9-19;/h2-11,14,17H,12-13,16H2,1H3,(H,34,39);1H. The molecule has 0 saturated carbocycles. The van der Waals surface area contributed by atoms with Gasteiger partial charge in [0.1, 0.15) is 11.5 Å². The van der Waals surface area contributed by atoms with Crippen LogP contribution in [0.1, 0.15) is 18.1 Å². The van der Waals surface area contributed by atoms with Gasteiger partial charge in [-0.25, -0.2) is 9.18 Å². The molecule has 0 spiro atoms. The predicted molar refractivity (Wildman–Crippen MR) is 146 cm³/mol. The van der Waals surface area contributed by atoms with Crippen LogP contribution >= 0.6 is 12.4 Å². The number of carbonyl (C=O) groups excluding carboxylic acids is 1. The topological polar surface area (TPSA) is 85.2 Å². The summed E-state index contributed by atoms with van der Waals surface area (Å²) >= 11 is 0. The van der Waals surface area contributed by atoms with Crippen molar-refractivity contribution in [2.75, 3.05) is 29.9 Å². The number of nitrogens with zero attached hydrogens (tertiary/aromatic N) is 5. The van der Waals surface area contributed by atoms with Crippen molar-refractivity contribution in [3.63, 3.8) is 0 Å². The van der Waals surface area contributed by atoms with Crippen LogP contribution in [0, 0.1) is 17.1 Å². The van der Waals surface area contributed by atoms with Crippen molar-refractivity contribution in [3.8, 4) is 17.3 Å². The number of aromatic nitrogens is 2. The van der Waals surface area contributed by atoms with E-state index in [9.17, 15) is 22.4 Å². The average Bonchev–Trinajstić information content (AvgIpc) is 2.93. The van der Waals surface area contributed by atoms with E-state index in [4.69, 9.17) is 5.26 Å². The highest BCUT2D eigenvalue weighted by Crippen LogP contribution is 2.36. The summed E-state index contributed by atoms with van der Waals surface area (Å²) in [6, 6.07) is 18.1.